The lowest BCUT2D eigenvalue weighted by Gasteiger charge is -2.37. The van der Waals surface area contributed by atoms with Crippen LogP contribution >= 0.6 is 0 Å². The molecule has 0 aliphatic carbocycles. The summed E-state index contributed by atoms with van der Waals surface area (Å²) in [7, 11) is 0. The fraction of sp³-hybridized carbons (Fsp3) is 0.227. The van der Waals surface area contributed by atoms with E-state index in [9.17, 15) is 4.79 Å². The van der Waals surface area contributed by atoms with Crippen molar-refractivity contribution < 1.29 is 4.79 Å². The van der Waals surface area contributed by atoms with Gasteiger partial charge in [-0.1, -0.05) is 48.5 Å². The van der Waals surface area contributed by atoms with Crippen LogP contribution in [0.15, 0.2) is 66.9 Å². The van der Waals surface area contributed by atoms with E-state index in [-0.39, 0.29) is 12.1 Å². The monoisotopic (exact) mass is 345 g/mol. The highest BCUT2D eigenvalue weighted by Crippen LogP contribution is 2.33. The lowest BCUT2D eigenvalue weighted by atomic mass is 10.0. The number of aryl methyl sites for hydroxylation is 2. The maximum atomic E-state index is 13.2. The molecule has 0 saturated heterocycles. The van der Waals surface area contributed by atoms with E-state index in [0.717, 1.165) is 34.6 Å². The van der Waals surface area contributed by atoms with Gasteiger partial charge in [0, 0.05) is 30.7 Å². The molecule has 4 rings (SSSR count). The standard InChI is InChI=1S/C22H23N3O/c1-16-8-6-9-17(2)20(16)23-22(26)25-15-14-24-13-7-12-19(24)21(25)18-10-4-3-5-11-18/h3-13,21H,14-15H2,1-2H3,(H,23,26). The summed E-state index contributed by atoms with van der Waals surface area (Å²) in [5.74, 6) is 0. The van der Waals surface area contributed by atoms with Gasteiger partial charge in [-0.25, -0.2) is 4.79 Å². The van der Waals surface area contributed by atoms with Crippen molar-refractivity contribution in [2.75, 3.05) is 11.9 Å². The molecule has 0 bridgehead atoms. The van der Waals surface area contributed by atoms with Crippen LogP contribution in [0.3, 0.4) is 0 Å². The van der Waals surface area contributed by atoms with Crippen LogP contribution in [0.2, 0.25) is 0 Å². The van der Waals surface area contributed by atoms with E-state index in [2.05, 4.69) is 40.3 Å². The number of fused-ring (bicyclic) bond motifs is 1. The Balaban J connectivity index is 1.69. The zero-order valence-corrected chi connectivity index (χ0v) is 15.1. The van der Waals surface area contributed by atoms with Gasteiger partial charge in [0.1, 0.15) is 0 Å². The summed E-state index contributed by atoms with van der Waals surface area (Å²) in [5.41, 5.74) is 5.35. The minimum Gasteiger partial charge on any atom is -0.348 e. The first-order valence-electron chi connectivity index (χ1n) is 8.99. The molecule has 1 N–H and O–H groups in total. The van der Waals surface area contributed by atoms with Gasteiger partial charge in [-0.3, -0.25) is 0 Å². The summed E-state index contributed by atoms with van der Waals surface area (Å²) in [4.78, 5) is 15.1. The second-order valence-corrected chi connectivity index (χ2v) is 6.83. The Hall–Kier alpha value is -3.01. The molecule has 2 aromatic carbocycles. The topological polar surface area (TPSA) is 37.3 Å². The summed E-state index contributed by atoms with van der Waals surface area (Å²) in [5, 5.41) is 3.15. The Bertz CT molecular complexity index is 909. The lowest BCUT2D eigenvalue weighted by molar-refractivity contribution is 0.182. The molecule has 1 atom stereocenters. The smallest absolute Gasteiger partial charge is 0.322 e. The molecule has 1 aromatic heterocycles. The SMILES string of the molecule is Cc1cccc(C)c1NC(=O)N1CCn2cccc2C1c1ccccc1. The number of amides is 2. The number of hydrogen-bond acceptors (Lipinski definition) is 1. The summed E-state index contributed by atoms with van der Waals surface area (Å²) in [6.07, 6.45) is 2.09. The number of nitrogens with zero attached hydrogens (tertiary/aromatic N) is 2. The summed E-state index contributed by atoms with van der Waals surface area (Å²) in [6, 6.07) is 20.3. The van der Waals surface area contributed by atoms with E-state index in [1.807, 2.05) is 55.1 Å². The molecule has 1 unspecified atom stereocenters. The maximum Gasteiger partial charge on any atom is 0.322 e. The fourth-order valence-electron chi connectivity index (χ4n) is 3.78. The molecule has 4 heteroatoms. The third-order valence-corrected chi connectivity index (χ3v) is 5.13. The number of hydrogen-bond donors (Lipinski definition) is 1. The van der Waals surface area contributed by atoms with Gasteiger partial charge in [0.15, 0.2) is 0 Å². The number of anilines is 1. The van der Waals surface area contributed by atoms with Gasteiger partial charge >= 0.3 is 6.03 Å². The van der Waals surface area contributed by atoms with E-state index < -0.39 is 0 Å². The first-order valence-corrected chi connectivity index (χ1v) is 8.99. The van der Waals surface area contributed by atoms with Crippen LogP contribution in [-0.4, -0.2) is 22.0 Å². The average Bonchev–Trinajstić information content (AvgIpc) is 3.13. The molecule has 1 aliphatic heterocycles. The first kappa shape index (κ1) is 16.5. The van der Waals surface area contributed by atoms with Crippen molar-refractivity contribution in [3.8, 4) is 0 Å². The molecule has 0 fully saturated rings. The van der Waals surface area contributed by atoms with Gasteiger partial charge in [-0.15, -0.1) is 0 Å². The highest BCUT2D eigenvalue weighted by molar-refractivity contribution is 5.91. The number of aromatic nitrogens is 1. The summed E-state index contributed by atoms with van der Waals surface area (Å²) >= 11 is 0. The van der Waals surface area contributed by atoms with E-state index in [0.29, 0.717) is 6.54 Å². The van der Waals surface area contributed by atoms with Gasteiger partial charge in [-0.2, -0.15) is 0 Å². The van der Waals surface area contributed by atoms with Crippen LogP contribution < -0.4 is 5.32 Å². The Kier molecular flexibility index (Phi) is 4.25. The molecule has 3 aromatic rings. The van der Waals surface area contributed by atoms with Crippen molar-refractivity contribution in [1.82, 2.24) is 9.47 Å². The van der Waals surface area contributed by atoms with E-state index in [4.69, 9.17) is 0 Å². The van der Waals surface area contributed by atoms with Gasteiger partial charge in [0.25, 0.3) is 0 Å². The number of carbonyl (C=O) groups is 1. The van der Waals surface area contributed by atoms with Crippen molar-refractivity contribution in [3.05, 3.63) is 89.2 Å². The predicted molar refractivity (Wildman–Crippen MR) is 104 cm³/mol. The molecule has 0 saturated carbocycles. The van der Waals surface area contributed by atoms with Crippen LogP contribution in [0.5, 0.6) is 0 Å². The van der Waals surface area contributed by atoms with Crippen LogP contribution in [-0.2, 0) is 6.54 Å². The largest absolute Gasteiger partial charge is 0.348 e. The maximum absolute atomic E-state index is 13.2. The van der Waals surface area contributed by atoms with Crippen molar-refractivity contribution >= 4 is 11.7 Å². The third-order valence-electron chi connectivity index (χ3n) is 5.13. The Morgan fingerprint density at radius 3 is 2.38 bits per heavy atom. The van der Waals surface area contributed by atoms with E-state index in [1.54, 1.807) is 0 Å². The number of benzene rings is 2. The second kappa shape index (κ2) is 6.71. The average molecular weight is 345 g/mol. The number of urea groups is 1. The summed E-state index contributed by atoms with van der Waals surface area (Å²) in [6.45, 7) is 5.54. The van der Waals surface area contributed by atoms with Crippen molar-refractivity contribution in [2.45, 2.75) is 26.4 Å². The molecule has 26 heavy (non-hydrogen) atoms. The minimum absolute atomic E-state index is 0.0521. The number of rotatable bonds is 2. The van der Waals surface area contributed by atoms with Crippen LogP contribution in [0.25, 0.3) is 0 Å². The zero-order valence-electron chi connectivity index (χ0n) is 15.1. The quantitative estimate of drug-likeness (QED) is 0.715. The van der Waals surface area contributed by atoms with Crippen molar-refractivity contribution in [1.29, 1.82) is 0 Å². The van der Waals surface area contributed by atoms with Gasteiger partial charge in [0.05, 0.1) is 6.04 Å². The molecule has 4 nitrogen and oxygen atoms in total. The molecule has 2 amide bonds. The van der Waals surface area contributed by atoms with Crippen LogP contribution in [0.4, 0.5) is 10.5 Å². The number of nitrogens with one attached hydrogen (secondary N) is 1. The summed E-state index contributed by atoms with van der Waals surface area (Å²) < 4.78 is 2.24. The van der Waals surface area contributed by atoms with Crippen LogP contribution in [0, 0.1) is 13.8 Å². The van der Waals surface area contributed by atoms with Gasteiger partial charge in [0.2, 0.25) is 0 Å². The normalized spacial score (nSPS) is 16.2. The van der Waals surface area contributed by atoms with Gasteiger partial charge < -0.3 is 14.8 Å². The molecular formula is C22H23N3O. The predicted octanol–water partition coefficient (Wildman–Crippen LogP) is 4.74. The molecular weight excluding hydrogens is 322 g/mol. The molecule has 0 spiro atoms. The van der Waals surface area contributed by atoms with E-state index in [1.165, 1.54) is 0 Å². The Morgan fingerprint density at radius 2 is 1.65 bits per heavy atom. The van der Waals surface area contributed by atoms with Crippen molar-refractivity contribution in [2.24, 2.45) is 0 Å². The molecule has 2 heterocycles. The lowest BCUT2D eigenvalue weighted by Crippen LogP contribution is -2.44. The zero-order chi connectivity index (χ0) is 18.1. The Morgan fingerprint density at radius 1 is 0.923 bits per heavy atom. The number of carbonyl (C=O) groups excluding carboxylic acids is 1. The van der Waals surface area contributed by atoms with E-state index >= 15 is 0 Å². The minimum atomic E-state index is -0.0794. The second-order valence-electron chi connectivity index (χ2n) is 6.83. The Labute approximate surface area is 154 Å². The highest BCUT2D eigenvalue weighted by Gasteiger charge is 2.32. The molecule has 132 valence electrons. The fourth-order valence-corrected chi connectivity index (χ4v) is 3.78. The molecule has 1 aliphatic rings. The number of para-hydroxylation sites is 1. The first-order chi connectivity index (χ1) is 12.6. The van der Waals surface area contributed by atoms with Gasteiger partial charge in [-0.05, 0) is 42.7 Å². The molecule has 0 radical (unpaired) electrons. The highest BCUT2D eigenvalue weighted by atomic mass is 16.2. The van der Waals surface area contributed by atoms with Crippen LogP contribution in [0.1, 0.15) is 28.4 Å². The van der Waals surface area contributed by atoms with Crippen molar-refractivity contribution in [3.63, 3.8) is 0 Å². The third kappa shape index (κ3) is 2.88.